The highest BCUT2D eigenvalue weighted by Crippen LogP contribution is 2.35. The highest BCUT2D eigenvalue weighted by molar-refractivity contribution is 9.10. The molecule has 2 rings (SSSR count). The fraction of sp³-hybridized carbons (Fsp3) is 0.500. The lowest BCUT2D eigenvalue weighted by atomic mass is 9.79. The normalized spacial score (nSPS) is 18.1. The number of hydrogen-bond acceptors (Lipinski definition) is 2. The van der Waals surface area contributed by atoms with Crippen molar-refractivity contribution < 1.29 is 0 Å². The van der Waals surface area contributed by atoms with Crippen LogP contribution in [0.4, 0.5) is 0 Å². The van der Waals surface area contributed by atoms with E-state index in [1.165, 1.54) is 19.3 Å². The molecule has 1 aliphatic rings. The second kappa shape index (κ2) is 5.10. The van der Waals surface area contributed by atoms with Gasteiger partial charge in [-0.15, -0.1) is 12.4 Å². The van der Waals surface area contributed by atoms with Crippen LogP contribution in [0.3, 0.4) is 0 Å². The third-order valence-corrected chi connectivity index (χ3v) is 3.18. The number of nitrogens with two attached hydrogens (primary N) is 1. The Balaban J connectivity index is 0.000000980. The van der Waals surface area contributed by atoms with Crippen LogP contribution in [0.25, 0.3) is 0 Å². The first kappa shape index (κ1) is 12.0. The molecular weight excluding hydrogens is 263 g/mol. The molecule has 1 aliphatic carbocycles. The Kier molecular flexibility index (Phi) is 4.35. The van der Waals surface area contributed by atoms with Crippen molar-refractivity contribution in [2.75, 3.05) is 0 Å². The third kappa shape index (κ3) is 2.47. The van der Waals surface area contributed by atoms with Gasteiger partial charge in [0.2, 0.25) is 0 Å². The first-order valence-electron chi connectivity index (χ1n) is 4.65. The lowest BCUT2D eigenvalue weighted by Gasteiger charge is -2.30. The predicted octanol–water partition coefficient (Wildman–Crippen LogP) is 3.07. The van der Waals surface area contributed by atoms with Crippen LogP contribution in [0.1, 0.15) is 31.0 Å². The number of hydrogen-bond donors (Lipinski definition) is 1. The first-order valence-corrected chi connectivity index (χ1v) is 5.45. The van der Waals surface area contributed by atoms with Gasteiger partial charge in [0.1, 0.15) is 4.60 Å². The van der Waals surface area contributed by atoms with E-state index in [2.05, 4.69) is 20.9 Å². The average Bonchev–Trinajstić information content (AvgIpc) is 2.01. The van der Waals surface area contributed by atoms with Crippen molar-refractivity contribution in [1.29, 1.82) is 0 Å². The maximum Gasteiger partial charge on any atom is 0.106 e. The summed E-state index contributed by atoms with van der Waals surface area (Å²) in [6, 6.07) is 6.06. The molecule has 1 atom stereocenters. The van der Waals surface area contributed by atoms with Crippen molar-refractivity contribution in [2.24, 2.45) is 11.7 Å². The van der Waals surface area contributed by atoms with Gasteiger partial charge in [0.05, 0.1) is 5.69 Å². The molecule has 0 saturated heterocycles. The number of halogens is 2. The first-order chi connectivity index (χ1) is 6.27. The Bertz CT molecular complexity index is 302. The number of rotatable bonds is 2. The van der Waals surface area contributed by atoms with Gasteiger partial charge in [0.25, 0.3) is 0 Å². The summed E-state index contributed by atoms with van der Waals surface area (Å²) in [4.78, 5) is 4.37. The topological polar surface area (TPSA) is 38.9 Å². The van der Waals surface area contributed by atoms with E-state index in [1.807, 2.05) is 18.2 Å². The molecule has 1 fully saturated rings. The number of aromatic nitrogens is 1. The third-order valence-electron chi connectivity index (χ3n) is 2.74. The van der Waals surface area contributed by atoms with Gasteiger partial charge in [-0.05, 0) is 46.8 Å². The Labute approximate surface area is 98.8 Å². The minimum Gasteiger partial charge on any atom is -0.322 e. The lowest BCUT2D eigenvalue weighted by Crippen LogP contribution is -2.27. The maximum atomic E-state index is 6.09. The van der Waals surface area contributed by atoms with Crippen LogP contribution in [0.15, 0.2) is 22.8 Å². The summed E-state index contributed by atoms with van der Waals surface area (Å²) in [7, 11) is 0. The Morgan fingerprint density at radius 3 is 2.64 bits per heavy atom. The van der Waals surface area contributed by atoms with Gasteiger partial charge in [-0.3, -0.25) is 0 Å². The lowest BCUT2D eigenvalue weighted by molar-refractivity contribution is 0.261. The van der Waals surface area contributed by atoms with E-state index >= 15 is 0 Å². The SMILES string of the molecule is Cl.N[C@@H](c1cccc(Br)n1)C1CCC1. The molecule has 1 saturated carbocycles. The van der Waals surface area contributed by atoms with Crippen LogP contribution in [0, 0.1) is 5.92 Å². The molecule has 2 nitrogen and oxygen atoms in total. The van der Waals surface area contributed by atoms with Crippen molar-refractivity contribution in [3.63, 3.8) is 0 Å². The van der Waals surface area contributed by atoms with E-state index in [0.29, 0.717) is 5.92 Å². The molecule has 2 N–H and O–H groups in total. The van der Waals surface area contributed by atoms with Crippen molar-refractivity contribution in [3.05, 3.63) is 28.5 Å². The minimum absolute atomic E-state index is 0. The predicted molar refractivity (Wildman–Crippen MR) is 63.5 cm³/mol. The van der Waals surface area contributed by atoms with Crippen LogP contribution >= 0.6 is 28.3 Å². The molecule has 0 bridgehead atoms. The van der Waals surface area contributed by atoms with Crippen LogP contribution in [-0.4, -0.2) is 4.98 Å². The standard InChI is InChI=1S/C10H13BrN2.ClH/c11-9-6-2-5-8(13-9)10(12)7-3-1-4-7;/h2,5-7,10H,1,3-4,12H2;1H/t10-;/m1./s1. The van der Waals surface area contributed by atoms with Crippen LogP contribution in [0.2, 0.25) is 0 Å². The van der Waals surface area contributed by atoms with Gasteiger partial charge in [-0.2, -0.15) is 0 Å². The zero-order valence-corrected chi connectivity index (χ0v) is 10.2. The monoisotopic (exact) mass is 276 g/mol. The molecule has 0 amide bonds. The molecule has 0 aliphatic heterocycles. The summed E-state index contributed by atoms with van der Waals surface area (Å²) in [5, 5.41) is 0. The van der Waals surface area contributed by atoms with E-state index in [-0.39, 0.29) is 18.4 Å². The molecule has 1 aromatic heterocycles. The minimum atomic E-state index is 0. The zero-order valence-electron chi connectivity index (χ0n) is 7.82. The quantitative estimate of drug-likeness (QED) is 0.844. The summed E-state index contributed by atoms with van der Waals surface area (Å²) in [6.07, 6.45) is 3.84. The van der Waals surface area contributed by atoms with Crippen molar-refractivity contribution in [2.45, 2.75) is 25.3 Å². The van der Waals surface area contributed by atoms with E-state index < -0.39 is 0 Å². The van der Waals surface area contributed by atoms with E-state index in [4.69, 9.17) is 5.73 Å². The molecule has 0 aromatic carbocycles. The summed E-state index contributed by atoms with van der Waals surface area (Å²) in [5.74, 6) is 0.654. The summed E-state index contributed by atoms with van der Waals surface area (Å²) in [5.41, 5.74) is 7.10. The van der Waals surface area contributed by atoms with Crippen molar-refractivity contribution >= 4 is 28.3 Å². The highest BCUT2D eigenvalue weighted by atomic mass is 79.9. The van der Waals surface area contributed by atoms with Crippen molar-refractivity contribution in [1.82, 2.24) is 4.98 Å². The Morgan fingerprint density at radius 1 is 1.43 bits per heavy atom. The second-order valence-corrected chi connectivity index (χ2v) is 4.41. The molecule has 0 radical (unpaired) electrons. The summed E-state index contributed by atoms with van der Waals surface area (Å²) < 4.78 is 0.875. The van der Waals surface area contributed by atoms with E-state index in [1.54, 1.807) is 0 Å². The van der Waals surface area contributed by atoms with Crippen LogP contribution < -0.4 is 5.73 Å². The van der Waals surface area contributed by atoms with Gasteiger partial charge in [0, 0.05) is 6.04 Å². The van der Waals surface area contributed by atoms with E-state index in [9.17, 15) is 0 Å². The van der Waals surface area contributed by atoms with Crippen molar-refractivity contribution in [3.8, 4) is 0 Å². The largest absolute Gasteiger partial charge is 0.322 e. The van der Waals surface area contributed by atoms with Crippen LogP contribution in [0.5, 0.6) is 0 Å². The molecular formula is C10H14BrClN2. The van der Waals surface area contributed by atoms with E-state index in [0.717, 1.165) is 10.3 Å². The summed E-state index contributed by atoms with van der Waals surface area (Å²) in [6.45, 7) is 0. The highest BCUT2D eigenvalue weighted by Gasteiger charge is 2.26. The molecule has 0 spiro atoms. The van der Waals surface area contributed by atoms with Crippen LogP contribution in [-0.2, 0) is 0 Å². The fourth-order valence-electron chi connectivity index (χ4n) is 1.65. The fourth-order valence-corrected chi connectivity index (χ4v) is 2.01. The van der Waals surface area contributed by atoms with Gasteiger partial charge < -0.3 is 5.73 Å². The maximum absolute atomic E-state index is 6.09. The van der Waals surface area contributed by atoms with Gasteiger partial charge in [-0.25, -0.2) is 4.98 Å². The smallest absolute Gasteiger partial charge is 0.106 e. The zero-order chi connectivity index (χ0) is 9.26. The van der Waals surface area contributed by atoms with Gasteiger partial charge in [0.15, 0.2) is 0 Å². The second-order valence-electron chi connectivity index (χ2n) is 3.60. The Morgan fingerprint density at radius 2 is 2.14 bits per heavy atom. The molecule has 1 heterocycles. The molecule has 4 heteroatoms. The number of nitrogens with zero attached hydrogens (tertiary/aromatic N) is 1. The van der Waals surface area contributed by atoms with Gasteiger partial charge in [-0.1, -0.05) is 12.5 Å². The Hall–Kier alpha value is -0.120. The average molecular weight is 278 g/mol. The molecule has 14 heavy (non-hydrogen) atoms. The number of pyridine rings is 1. The molecule has 1 aromatic rings. The molecule has 0 unspecified atom stereocenters. The van der Waals surface area contributed by atoms with Gasteiger partial charge >= 0.3 is 0 Å². The molecule has 78 valence electrons. The summed E-state index contributed by atoms with van der Waals surface area (Å²) >= 11 is 3.35.